The van der Waals surface area contributed by atoms with Gasteiger partial charge in [-0.2, -0.15) is 0 Å². The smallest absolute Gasteiger partial charge is 0.259 e. The van der Waals surface area contributed by atoms with Crippen LogP contribution < -0.4 is 10.6 Å². The van der Waals surface area contributed by atoms with Gasteiger partial charge in [0.1, 0.15) is 0 Å². The average Bonchev–Trinajstić information content (AvgIpc) is 3.28. The zero-order valence-electron chi connectivity index (χ0n) is 11.9. The number of hydrogen-bond acceptors (Lipinski definition) is 5. The fourth-order valence-electron chi connectivity index (χ4n) is 2.23. The van der Waals surface area contributed by atoms with Crippen molar-refractivity contribution in [1.29, 1.82) is 0 Å². The van der Waals surface area contributed by atoms with Crippen LogP contribution in [-0.4, -0.2) is 35.5 Å². The van der Waals surface area contributed by atoms with Crippen molar-refractivity contribution in [1.82, 2.24) is 20.8 Å². The highest BCUT2D eigenvalue weighted by Gasteiger charge is 2.28. The molecule has 1 saturated carbocycles. The lowest BCUT2D eigenvalue weighted by atomic mass is 10.1. The van der Waals surface area contributed by atoms with Crippen LogP contribution in [-0.2, 0) is 4.79 Å². The summed E-state index contributed by atoms with van der Waals surface area (Å²) < 4.78 is 5.18. The van der Waals surface area contributed by atoms with Crippen molar-refractivity contribution in [3.8, 4) is 0 Å². The van der Waals surface area contributed by atoms with Crippen LogP contribution in [0, 0.1) is 6.92 Å². The summed E-state index contributed by atoms with van der Waals surface area (Å²) in [5.74, 6) is -0.178. The number of carbonyl (C=O) groups is 2. The Bertz CT molecular complexity index is 718. The van der Waals surface area contributed by atoms with Crippen LogP contribution in [0.5, 0.6) is 0 Å². The quantitative estimate of drug-likeness (QED) is 0.870. The number of nitrogens with one attached hydrogen (secondary N) is 2. The number of carbonyl (C=O) groups excluding carboxylic acids is 2. The lowest BCUT2D eigenvalue weighted by Crippen LogP contribution is -2.35. The maximum absolute atomic E-state index is 12.3. The largest absolute Gasteiger partial charge is 0.358 e. The van der Waals surface area contributed by atoms with Gasteiger partial charge in [0.2, 0.25) is 5.91 Å². The lowest BCUT2D eigenvalue weighted by Gasteiger charge is -2.07. The Kier molecular flexibility index (Phi) is 3.32. The molecule has 1 aliphatic rings. The van der Waals surface area contributed by atoms with Gasteiger partial charge in [0.25, 0.3) is 11.6 Å². The molecule has 0 bridgehead atoms. The second-order valence-electron chi connectivity index (χ2n) is 5.17. The maximum Gasteiger partial charge on any atom is 0.259 e. The minimum absolute atomic E-state index is 0.0672. The number of rotatable bonds is 4. The second kappa shape index (κ2) is 5.16. The second-order valence-corrected chi connectivity index (χ2v) is 5.17. The summed E-state index contributed by atoms with van der Waals surface area (Å²) in [6, 6.07) is 1.78. The summed E-state index contributed by atoms with van der Waals surface area (Å²) in [5, 5.41) is 9.53. The molecule has 2 aromatic rings. The van der Waals surface area contributed by atoms with E-state index in [1.54, 1.807) is 13.0 Å². The van der Waals surface area contributed by atoms with E-state index in [0.29, 0.717) is 28.3 Å². The monoisotopic (exact) mass is 288 g/mol. The Morgan fingerprint density at radius 3 is 2.86 bits per heavy atom. The highest BCUT2D eigenvalue weighted by atomic mass is 16.5. The van der Waals surface area contributed by atoms with E-state index in [0.717, 1.165) is 18.5 Å². The molecule has 2 heterocycles. The van der Waals surface area contributed by atoms with E-state index in [4.69, 9.17) is 4.52 Å². The Labute approximate surface area is 121 Å². The molecule has 1 aliphatic carbocycles. The molecule has 7 heteroatoms. The SMILES string of the molecule is CNC(=O)CNC(=O)c1cc(C2CC2)nc2onc(C)c12. The average molecular weight is 288 g/mol. The van der Waals surface area contributed by atoms with Gasteiger partial charge in [0.15, 0.2) is 0 Å². The van der Waals surface area contributed by atoms with E-state index in [1.807, 2.05) is 0 Å². The number of fused-ring (bicyclic) bond motifs is 1. The molecule has 0 aliphatic heterocycles. The summed E-state index contributed by atoms with van der Waals surface area (Å²) in [5.41, 5.74) is 2.31. The lowest BCUT2D eigenvalue weighted by molar-refractivity contribution is -0.119. The minimum atomic E-state index is -0.320. The Morgan fingerprint density at radius 2 is 2.19 bits per heavy atom. The van der Waals surface area contributed by atoms with E-state index in [2.05, 4.69) is 20.8 Å². The third-order valence-corrected chi connectivity index (χ3v) is 3.57. The molecule has 0 radical (unpaired) electrons. The van der Waals surface area contributed by atoms with Crippen LogP contribution in [0.2, 0.25) is 0 Å². The Hall–Kier alpha value is -2.44. The maximum atomic E-state index is 12.3. The molecule has 2 aromatic heterocycles. The van der Waals surface area contributed by atoms with Crippen molar-refractivity contribution in [3.63, 3.8) is 0 Å². The molecule has 2 N–H and O–H groups in total. The van der Waals surface area contributed by atoms with Gasteiger partial charge in [-0.25, -0.2) is 4.98 Å². The van der Waals surface area contributed by atoms with Gasteiger partial charge in [-0.05, 0) is 25.8 Å². The summed E-state index contributed by atoms with van der Waals surface area (Å²) in [4.78, 5) is 28.0. The number of amides is 2. The minimum Gasteiger partial charge on any atom is -0.358 e. The molecule has 3 rings (SSSR count). The van der Waals surface area contributed by atoms with Crippen molar-refractivity contribution in [2.24, 2.45) is 0 Å². The zero-order chi connectivity index (χ0) is 15.0. The van der Waals surface area contributed by atoms with Crippen molar-refractivity contribution >= 4 is 22.9 Å². The van der Waals surface area contributed by atoms with E-state index in [9.17, 15) is 9.59 Å². The van der Waals surface area contributed by atoms with Crippen molar-refractivity contribution in [3.05, 3.63) is 23.0 Å². The van der Waals surface area contributed by atoms with E-state index in [1.165, 1.54) is 7.05 Å². The first-order valence-corrected chi connectivity index (χ1v) is 6.86. The van der Waals surface area contributed by atoms with E-state index < -0.39 is 0 Å². The molecule has 110 valence electrons. The fourth-order valence-corrected chi connectivity index (χ4v) is 2.23. The highest BCUT2D eigenvalue weighted by Crippen LogP contribution is 2.40. The molecular formula is C14H16N4O3. The summed E-state index contributed by atoms with van der Waals surface area (Å²) >= 11 is 0. The standard InChI is InChI=1S/C14H16N4O3/c1-7-12-9(13(20)16-6-11(19)15-2)5-10(8-3-4-8)17-14(12)21-18-7/h5,8H,3-4,6H2,1-2H3,(H,15,19)(H,16,20). The zero-order valence-corrected chi connectivity index (χ0v) is 11.9. The van der Waals surface area contributed by atoms with Crippen molar-refractivity contribution < 1.29 is 14.1 Å². The molecule has 2 amide bonds. The molecule has 21 heavy (non-hydrogen) atoms. The number of aryl methyl sites for hydroxylation is 1. The molecule has 0 spiro atoms. The van der Waals surface area contributed by atoms with Gasteiger partial charge in [-0.15, -0.1) is 0 Å². The molecule has 7 nitrogen and oxygen atoms in total. The van der Waals surface area contributed by atoms with Gasteiger partial charge in [-0.3, -0.25) is 9.59 Å². The predicted molar refractivity (Wildman–Crippen MR) is 74.9 cm³/mol. The molecule has 0 unspecified atom stereocenters. The first kappa shape index (κ1) is 13.5. The van der Waals surface area contributed by atoms with Crippen molar-refractivity contribution in [2.75, 3.05) is 13.6 Å². The summed E-state index contributed by atoms with van der Waals surface area (Å²) in [7, 11) is 1.52. The van der Waals surface area contributed by atoms with Gasteiger partial charge in [0.05, 0.1) is 23.2 Å². The van der Waals surface area contributed by atoms with Gasteiger partial charge in [-0.1, -0.05) is 5.16 Å². The van der Waals surface area contributed by atoms with Crippen LogP contribution in [0.1, 0.15) is 40.5 Å². The van der Waals surface area contributed by atoms with Crippen LogP contribution in [0.25, 0.3) is 11.1 Å². The molecule has 0 saturated heterocycles. The molecule has 0 aromatic carbocycles. The van der Waals surface area contributed by atoms with Crippen LogP contribution >= 0.6 is 0 Å². The number of nitrogens with zero attached hydrogens (tertiary/aromatic N) is 2. The third kappa shape index (κ3) is 2.58. The number of pyridine rings is 1. The molecular weight excluding hydrogens is 272 g/mol. The normalized spacial score (nSPS) is 14.2. The number of hydrogen-bond donors (Lipinski definition) is 2. The highest BCUT2D eigenvalue weighted by molar-refractivity contribution is 6.06. The van der Waals surface area contributed by atoms with Crippen LogP contribution in [0.15, 0.2) is 10.6 Å². The first-order chi connectivity index (χ1) is 10.1. The molecule has 1 fully saturated rings. The van der Waals surface area contributed by atoms with Gasteiger partial charge in [0, 0.05) is 18.7 Å². The fraction of sp³-hybridized carbons (Fsp3) is 0.429. The van der Waals surface area contributed by atoms with E-state index >= 15 is 0 Å². The Balaban J connectivity index is 1.96. The van der Waals surface area contributed by atoms with Crippen LogP contribution in [0.4, 0.5) is 0 Å². The van der Waals surface area contributed by atoms with Crippen LogP contribution in [0.3, 0.4) is 0 Å². The number of likely N-dealkylation sites (N-methyl/N-ethyl adjacent to an activating group) is 1. The Morgan fingerprint density at radius 1 is 1.43 bits per heavy atom. The van der Waals surface area contributed by atoms with Crippen molar-refractivity contribution in [2.45, 2.75) is 25.7 Å². The topological polar surface area (TPSA) is 97.1 Å². The third-order valence-electron chi connectivity index (χ3n) is 3.57. The van der Waals surface area contributed by atoms with E-state index in [-0.39, 0.29) is 18.4 Å². The molecule has 0 atom stereocenters. The van der Waals surface area contributed by atoms with Gasteiger partial charge < -0.3 is 15.2 Å². The summed E-state index contributed by atoms with van der Waals surface area (Å²) in [6.07, 6.45) is 2.15. The first-order valence-electron chi connectivity index (χ1n) is 6.86. The predicted octanol–water partition coefficient (Wildman–Crippen LogP) is 0.884. The number of aromatic nitrogens is 2. The summed E-state index contributed by atoms with van der Waals surface area (Å²) in [6.45, 7) is 1.70. The van der Waals surface area contributed by atoms with Gasteiger partial charge >= 0.3 is 0 Å².